The molecule has 0 aromatic heterocycles. The summed E-state index contributed by atoms with van der Waals surface area (Å²) in [6, 6.07) is 26.7. The monoisotopic (exact) mass is 1070 g/mol. The molecule has 20 nitrogen and oxygen atoms in total. The third-order valence-corrected chi connectivity index (χ3v) is 14.1. The summed E-state index contributed by atoms with van der Waals surface area (Å²) in [6.45, 7) is 7.01. The maximum absolute atomic E-state index is 14.0. The largest absolute Gasteiger partial charge is 0.394 e. The Morgan fingerprint density at radius 1 is 0.714 bits per heavy atom. The molecule has 2 atom stereocenters. The third-order valence-electron chi connectivity index (χ3n) is 13.5. The summed E-state index contributed by atoms with van der Waals surface area (Å²) in [5.41, 5.74) is 6.06. The highest BCUT2D eigenvalue weighted by atomic mass is 32.2. The molecule has 4 heterocycles. The normalized spacial score (nSPS) is 16.7. The van der Waals surface area contributed by atoms with Crippen molar-refractivity contribution < 1.29 is 57.2 Å². The first kappa shape index (κ1) is 56.1. The number of hydrogen-bond donors (Lipinski definition) is 4. The summed E-state index contributed by atoms with van der Waals surface area (Å²) in [7, 11) is 1.81. The van der Waals surface area contributed by atoms with Crippen molar-refractivity contribution in [2.24, 2.45) is 0 Å². The molecule has 4 aromatic rings. The standard InChI is InChI=1S/C56H66N8O12S/c1-57-20-35-77-38-59-53(68)51(40-6-3-2-4-7-40)63-37-42-11-10-41(36-45(42)54(63)69)39-12-14-43(15-13-39)61-21-23-62(24-22-61)49(66)18-25-72-27-29-74-31-33-76-34-32-75-30-28-73-26-19-58-46-9-5-8-44-50(46)56(71)64(55(44)70)47-16-17-48(65)60-52(47)67/h2-15,20,35-36,47,51,57-58H,16-19,21-34,37-38H2,1H3,(H,59,68)(H,60,65,67)/b35-20-. The van der Waals surface area contributed by atoms with E-state index in [0.29, 0.717) is 129 Å². The smallest absolute Gasteiger partial charge is 0.264 e. The number of amides is 7. The Labute approximate surface area is 452 Å². The highest BCUT2D eigenvalue weighted by Crippen LogP contribution is 2.36. The predicted molar refractivity (Wildman–Crippen MR) is 289 cm³/mol. The van der Waals surface area contributed by atoms with Crippen molar-refractivity contribution in [1.29, 1.82) is 0 Å². The number of thioether (sulfide) groups is 1. The number of benzene rings is 4. The van der Waals surface area contributed by atoms with Gasteiger partial charge in [-0.3, -0.25) is 43.8 Å². The minimum atomic E-state index is -1.03. The zero-order valence-electron chi connectivity index (χ0n) is 43.2. The van der Waals surface area contributed by atoms with E-state index in [0.717, 1.165) is 32.8 Å². The number of anilines is 2. The number of carbonyl (C=O) groups is 7. The van der Waals surface area contributed by atoms with Crippen LogP contribution in [0.5, 0.6) is 0 Å². The van der Waals surface area contributed by atoms with Gasteiger partial charge in [0.15, 0.2) is 0 Å². The molecule has 4 aliphatic rings. The average Bonchev–Trinajstić information content (AvgIpc) is 3.91. The molecule has 2 unspecified atom stereocenters. The fraction of sp³-hybridized carbons (Fsp3) is 0.411. The van der Waals surface area contributed by atoms with Crippen LogP contribution in [-0.2, 0) is 49.4 Å². The van der Waals surface area contributed by atoms with E-state index in [9.17, 15) is 33.6 Å². The van der Waals surface area contributed by atoms with E-state index in [4.69, 9.17) is 23.7 Å². The topological polar surface area (TPSA) is 227 Å². The molecule has 0 saturated carbocycles. The van der Waals surface area contributed by atoms with Gasteiger partial charge in [0.05, 0.1) is 89.5 Å². The number of carbonyl (C=O) groups excluding carboxylic acids is 7. The third kappa shape index (κ3) is 14.7. The highest BCUT2D eigenvalue weighted by Gasteiger charge is 2.46. The van der Waals surface area contributed by atoms with E-state index in [-0.39, 0.29) is 41.7 Å². The molecule has 4 aliphatic heterocycles. The SMILES string of the molecule is CN/C=C\SCNC(=O)C(c1ccccc1)N1Cc2ccc(-c3ccc(N4CCN(C(=O)CCOCCOCCOCCOCCOCCNc5cccc6c5C(=O)N(C5CCC(=O)NC5=O)C6=O)CC4)cc3)cc2C1=O. The van der Waals surface area contributed by atoms with Crippen molar-refractivity contribution in [3.8, 4) is 11.1 Å². The maximum Gasteiger partial charge on any atom is 0.264 e. The van der Waals surface area contributed by atoms with Crippen LogP contribution in [0.15, 0.2) is 103 Å². The lowest BCUT2D eigenvalue weighted by Crippen LogP contribution is -2.54. The average molecular weight is 1080 g/mol. The van der Waals surface area contributed by atoms with Gasteiger partial charge in [0.2, 0.25) is 23.6 Å². The zero-order valence-corrected chi connectivity index (χ0v) is 44.0. The van der Waals surface area contributed by atoms with Crippen molar-refractivity contribution in [3.63, 3.8) is 0 Å². The van der Waals surface area contributed by atoms with Crippen LogP contribution in [0, 0.1) is 0 Å². The summed E-state index contributed by atoms with van der Waals surface area (Å²) in [5, 5.41) is 13.1. The van der Waals surface area contributed by atoms with Gasteiger partial charge in [-0.1, -0.05) is 60.7 Å². The lowest BCUT2D eigenvalue weighted by Gasteiger charge is -2.36. The van der Waals surface area contributed by atoms with Gasteiger partial charge in [0.25, 0.3) is 17.7 Å². The molecular weight excluding hydrogens is 1010 g/mol. The van der Waals surface area contributed by atoms with Crippen molar-refractivity contribution in [2.45, 2.75) is 37.9 Å². The highest BCUT2D eigenvalue weighted by molar-refractivity contribution is 8.02. The Morgan fingerprint density at radius 3 is 2.05 bits per heavy atom. The lowest BCUT2D eigenvalue weighted by atomic mass is 10.00. The lowest BCUT2D eigenvalue weighted by molar-refractivity contribution is -0.136. The number of piperidine rings is 1. The van der Waals surface area contributed by atoms with Crippen LogP contribution in [0.3, 0.4) is 0 Å². The Morgan fingerprint density at radius 2 is 1.38 bits per heavy atom. The number of fused-ring (bicyclic) bond motifs is 2. The minimum absolute atomic E-state index is 0.0542. The predicted octanol–water partition coefficient (Wildman–Crippen LogP) is 4.18. The number of nitrogens with one attached hydrogen (secondary N) is 4. The molecule has 0 aliphatic carbocycles. The first-order valence-corrected chi connectivity index (χ1v) is 27.0. The van der Waals surface area contributed by atoms with Crippen LogP contribution >= 0.6 is 11.8 Å². The number of rotatable bonds is 29. The molecule has 0 radical (unpaired) electrons. The Balaban J connectivity index is 0.634. The molecule has 7 amide bonds. The van der Waals surface area contributed by atoms with Crippen LogP contribution in [0.1, 0.15) is 67.5 Å². The molecule has 408 valence electrons. The molecule has 21 heteroatoms. The second-order valence-electron chi connectivity index (χ2n) is 18.4. The van der Waals surface area contributed by atoms with Crippen molar-refractivity contribution in [2.75, 3.05) is 122 Å². The summed E-state index contributed by atoms with van der Waals surface area (Å²) in [6.07, 6.45) is 2.23. The number of hydrogen-bond acceptors (Lipinski definition) is 16. The number of nitrogens with zero attached hydrogens (tertiary/aromatic N) is 4. The molecule has 2 fully saturated rings. The molecule has 2 saturated heterocycles. The number of imide groups is 2. The van der Waals surface area contributed by atoms with Crippen LogP contribution in [0.4, 0.5) is 11.4 Å². The second-order valence-corrected chi connectivity index (χ2v) is 19.3. The Kier molecular flexibility index (Phi) is 20.6. The Bertz CT molecular complexity index is 2740. The van der Waals surface area contributed by atoms with Crippen LogP contribution in [0.25, 0.3) is 11.1 Å². The van der Waals surface area contributed by atoms with E-state index < -0.39 is 35.7 Å². The minimum Gasteiger partial charge on any atom is -0.394 e. The van der Waals surface area contributed by atoms with Gasteiger partial charge in [-0.25, -0.2) is 0 Å². The van der Waals surface area contributed by atoms with Crippen LogP contribution < -0.4 is 26.2 Å². The quantitative estimate of drug-likeness (QED) is 0.0340. The first-order chi connectivity index (χ1) is 37.6. The second kappa shape index (κ2) is 28.3. The summed E-state index contributed by atoms with van der Waals surface area (Å²) in [5.74, 6) is -2.18. The Hall–Kier alpha value is -7.14. The van der Waals surface area contributed by atoms with Crippen molar-refractivity contribution >= 4 is 64.5 Å². The van der Waals surface area contributed by atoms with Crippen LogP contribution in [-0.4, -0.2) is 174 Å². The molecule has 4 aromatic carbocycles. The number of piperazine rings is 1. The first-order valence-electron chi connectivity index (χ1n) is 25.9. The van der Waals surface area contributed by atoms with Gasteiger partial charge in [-0.05, 0) is 64.4 Å². The van der Waals surface area contributed by atoms with E-state index in [2.05, 4.69) is 50.4 Å². The van der Waals surface area contributed by atoms with E-state index in [1.54, 1.807) is 29.3 Å². The van der Waals surface area contributed by atoms with Crippen molar-refractivity contribution in [1.82, 2.24) is 30.7 Å². The molecular formula is C56H66N8O12S. The van der Waals surface area contributed by atoms with E-state index in [1.165, 1.54) is 11.8 Å². The van der Waals surface area contributed by atoms with E-state index >= 15 is 0 Å². The van der Waals surface area contributed by atoms with Gasteiger partial charge in [0, 0.05) is 75.9 Å². The van der Waals surface area contributed by atoms with Crippen molar-refractivity contribution in [3.05, 3.63) is 130 Å². The molecule has 8 rings (SSSR count). The van der Waals surface area contributed by atoms with Gasteiger partial charge in [-0.2, -0.15) is 0 Å². The summed E-state index contributed by atoms with van der Waals surface area (Å²) < 4.78 is 28.0. The fourth-order valence-electron chi connectivity index (χ4n) is 9.49. The number of ether oxygens (including phenoxy) is 5. The maximum atomic E-state index is 14.0. The molecule has 77 heavy (non-hydrogen) atoms. The summed E-state index contributed by atoms with van der Waals surface area (Å²) >= 11 is 1.45. The van der Waals surface area contributed by atoms with Gasteiger partial charge in [-0.15, -0.1) is 11.8 Å². The van der Waals surface area contributed by atoms with Crippen LogP contribution in [0.2, 0.25) is 0 Å². The van der Waals surface area contributed by atoms with Gasteiger partial charge in [0.1, 0.15) is 12.1 Å². The zero-order chi connectivity index (χ0) is 53.9. The van der Waals surface area contributed by atoms with E-state index in [1.807, 2.05) is 65.9 Å². The molecule has 0 bridgehead atoms. The fourth-order valence-corrected chi connectivity index (χ4v) is 10.0. The summed E-state index contributed by atoms with van der Waals surface area (Å²) in [4.78, 5) is 97.5. The van der Waals surface area contributed by atoms with Gasteiger partial charge >= 0.3 is 0 Å². The van der Waals surface area contributed by atoms with Gasteiger partial charge < -0.3 is 54.3 Å². The molecule has 0 spiro atoms. The molecule has 4 N–H and O–H groups in total.